The first-order valence-corrected chi connectivity index (χ1v) is 16.0. The summed E-state index contributed by atoms with van der Waals surface area (Å²) < 4.78 is 85.2. The first-order valence-electron chi connectivity index (χ1n) is 20.5. The Morgan fingerprint density at radius 1 is 0.653 bits per heavy atom. The summed E-state index contributed by atoms with van der Waals surface area (Å²) in [5, 5.41) is 2.08. The molecule has 0 amide bonds. The van der Waals surface area contributed by atoms with E-state index in [-0.39, 0.29) is 11.0 Å². The van der Waals surface area contributed by atoms with Crippen LogP contribution in [0.1, 0.15) is 64.8 Å². The minimum atomic E-state index is -3.36. The van der Waals surface area contributed by atoms with E-state index in [1.807, 2.05) is 95.8 Å². The third kappa shape index (κ3) is 5.50. The third-order valence-electron chi connectivity index (χ3n) is 8.82. The van der Waals surface area contributed by atoms with Crippen LogP contribution in [-0.4, -0.2) is 20.5 Å². The molecule has 7 aromatic rings. The molecule has 4 heterocycles. The molecule has 0 unspecified atom stereocenters. The van der Waals surface area contributed by atoms with Gasteiger partial charge in [-0.3, -0.25) is 9.55 Å². The van der Waals surface area contributed by atoms with E-state index in [0.717, 1.165) is 50.2 Å². The van der Waals surface area contributed by atoms with Gasteiger partial charge in [0.25, 0.3) is 11.4 Å². The van der Waals surface area contributed by atoms with Crippen LogP contribution in [0, 0.1) is 0 Å². The Morgan fingerprint density at radius 3 is 2.14 bits per heavy atom. The average Bonchev–Trinajstić information content (AvgIpc) is 3.70. The second-order valence-electron chi connectivity index (χ2n) is 13.2. The Morgan fingerprint density at radius 2 is 1.39 bits per heavy atom. The largest absolute Gasteiger partial charge is 0.503 e. The molecule has 0 atom stereocenters. The van der Waals surface area contributed by atoms with E-state index in [1.165, 1.54) is 24.3 Å². The van der Waals surface area contributed by atoms with E-state index < -0.39 is 26.0 Å². The van der Waals surface area contributed by atoms with Crippen LogP contribution >= 0.6 is 0 Å². The number of nitrogens with zero attached hydrogens (tertiary/aromatic N) is 5. The lowest BCUT2D eigenvalue weighted by molar-refractivity contribution is 0.483. The van der Waals surface area contributed by atoms with Gasteiger partial charge in [-0.2, -0.15) is 0 Å². The first kappa shape index (κ1) is 21.9. The van der Waals surface area contributed by atoms with Crippen molar-refractivity contribution in [2.45, 2.75) is 52.2 Å². The predicted octanol–water partition coefficient (Wildman–Crippen LogP) is 10.8. The quantitative estimate of drug-likeness (QED) is 0.174. The molecule has 6 nitrogen and oxygen atoms in total. The number of para-hydroxylation sites is 2. The van der Waals surface area contributed by atoms with Crippen molar-refractivity contribution in [2.75, 3.05) is 0 Å². The van der Waals surface area contributed by atoms with Gasteiger partial charge in [-0.25, -0.2) is 4.98 Å². The standard InChI is InChI=1S/C43H39N5O/c1-42(2,3)29-14-16-31(17-15-29)46-28-47(38-13-8-7-12-37(38)46)32-10-9-11-33(25-32)49-34-18-19-35-36-21-22-44-27-40(36)48(39(35)26-34)41-24-30(20-23-45-41)43(4,5)6/h7-27H,1-6H3/q+2/i1D3,2D3,3D3. The van der Waals surface area contributed by atoms with Gasteiger partial charge >= 0.3 is 6.01 Å². The molecule has 0 saturated heterocycles. The SMILES string of the molecule is [2H]C([2H])([2H])C(c1ccc([N+]2=C=[N+](c3cccc(Oc4ccc5c6ccncc6n(-c6cc(C(C)(C)C)ccn6)c5c4)c3)c3ccccc32)cc1)(C([2H])([2H])[2H])C([2H])([2H])[2H]. The zero-order chi connectivity index (χ0) is 41.4. The predicted molar refractivity (Wildman–Crippen MR) is 201 cm³/mol. The highest BCUT2D eigenvalue weighted by atomic mass is 16.5. The van der Waals surface area contributed by atoms with Crippen molar-refractivity contribution >= 4 is 50.6 Å². The van der Waals surface area contributed by atoms with Gasteiger partial charge in [0.2, 0.25) is 11.4 Å². The van der Waals surface area contributed by atoms with E-state index in [1.54, 1.807) is 10.8 Å². The number of aromatic nitrogens is 3. The minimum Gasteiger partial charge on any atom is -0.457 e. The average molecular weight is 651 g/mol. The summed E-state index contributed by atoms with van der Waals surface area (Å²) in [6.07, 6.45) is 5.47. The highest BCUT2D eigenvalue weighted by molar-refractivity contribution is 6.09. The van der Waals surface area contributed by atoms with Gasteiger partial charge in [0.1, 0.15) is 17.3 Å². The molecule has 0 aliphatic carbocycles. The van der Waals surface area contributed by atoms with Gasteiger partial charge in [-0.1, -0.05) is 71.7 Å². The molecule has 3 aromatic heterocycles. The number of benzene rings is 4. The maximum atomic E-state index is 8.11. The van der Waals surface area contributed by atoms with Crippen molar-refractivity contribution in [1.82, 2.24) is 23.7 Å². The van der Waals surface area contributed by atoms with Crippen LogP contribution in [-0.2, 0) is 10.8 Å². The molecule has 0 saturated carbocycles. The van der Waals surface area contributed by atoms with Gasteiger partial charge in [0.15, 0.2) is 0 Å². The fraction of sp³-hybridized carbons (Fsp3) is 0.186. The van der Waals surface area contributed by atoms with Crippen molar-refractivity contribution in [2.24, 2.45) is 0 Å². The summed E-state index contributed by atoms with van der Waals surface area (Å²) in [6, 6.07) is 36.2. The molecule has 49 heavy (non-hydrogen) atoms. The lowest BCUT2D eigenvalue weighted by Crippen LogP contribution is -2.12. The molecular formula is C43H39N5O+2. The fourth-order valence-corrected chi connectivity index (χ4v) is 6.29. The van der Waals surface area contributed by atoms with E-state index in [9.17, 15) is 0 Å². The highest BCUT2D eigenvalue weighted by Gasteiger charge is 2.36. The number of hydrogen-bond acceptors (Lipinski definition) is 3. The molecule has 0 fully saturated rings. The second kappa shape index (κ2) is 11.4. The normalized spacial score (nSPS) is 16.5. The Hall–Kier alpha value is -5.84. The van der Waals surface area contributed by atoms with Gasteiger partial charge in [-0.15, -0.1) is 0 Å². The number of rotatable bonds is 5. The van der Waals surface area contributed by atoms with Crippen LogP contribution in [0.5, 0.6) is 11.5 Å². The molecule has 0 N–H and O–H groups in total. The van der Waals surface area contributed by atoms with Crippen LogP contribution in [0.4, 0.5) is 22.7 Å². The Balaban J connectivity index is 1.18. The van der Waals surface area contributed by atoms with E-state index in [4.69, 9.17) is 22.1 Å². The van der Waals surface area contributed by atoms with Crippen LogP contribution in [0.25, 0.3) is 27.6 Å². The number of pyridine rings is 2. The van der Waals surface area contributed by atoms with E-state index in [2.05, 4.69) is 42.4 Å². The van der Waals surface area contributed by atoms with Crippen molar-refractivity contribution in [3.05, 3.63) is 139 Å². The van der Waals surface area contributed by atoms with Crippen molar-refractivity contribution in [3.8, 4) is 17.3 Å². The Labute approximate surface area is 299 Å². The van der Waals surface area contributed by atoms with Gasteiger partial charge in [0.05, 0.1) is 23.3 Å². The second-order valence-corrected chi connectivity index (χ2v) is 13.2. The van der Waals surface area contributed by atoms with Crippen molar-refractivity contribution < 1.29 is 17.1 Å². The molecule has 1 aliphatic rings. The van der Waals surface area contributed by atoms with Gasteiger partial charge < -0.3 is 4.74 Å². The monoisotopic (exact) mass is 650 g/mol. The van der Waals surface area contributed by atoms with Crippen molar-refractivity contribution in [3.63, 3.8) is 0 Å². The van der Waals surface area contributed by atoms with Crippen LogP contribution < -0.4 is 13.9 Å². The van der Waals surface area contributed by atoms with Gasteiger partial charge in [0, 0.05) is 71.9 Å². The van der Waals surface area contributed by atoms with E-state index in [0.29, 0.717) is 17.2 Å². The molecule has 8 rings (SSSR count). The molecule has 6 heteroatoms. The molecule has 4 aromatic carbocycles. The lowest BCUT2D eigenvalue weighted by atomic mass is 9.87. The molecule has 0 spiro atoms. The number of ether oxygens (including phenoxy) is 1. The highest BCUT2D eigenvalue weighted by Crippen LogP contribution is 2.39. The molecule has 1 aliphatic heterocycles. The van der Waals surface area contributed by atoms with Crippen molar-refractivity contribution in [1.29, 1.82) is 0 Å². The summed E-state index contributed by atoms with van der Waals surface area (Å²) >= 11 is 0. The minimum absolute atomic E-state index is 0.0720. The molecule has 240 valence electrons. The maximum absolute atomic E-state index is 8.11. The Kier molecular flexibility index (Phi) is 5.10. The van der Waals surface area contributed by atoms with Gasteiger partial charge in [-0.05, 0) is 67.5 Å². The lowest BCUT2D eigenvalue weighted by Gasteiger charge is -2.20. The zero-order valence-electron chi connectivity index (χ0n) is 36.3. The summed E-state index contributed by atoms with van der Waals surface area (Å²) in [4.78, 5) is 9.19. The Bertz CT molecular complexity index is 2770. The summed E-state index contributed by atoms with van der Waals surface area (Å²) in [7, 11) is 0. The smallest absolute Gasteiger partial charge is 0.457 e. The van der Waals surface area contributed by atoms with Crippen LogP contribution in [0.3, 0.4) is 0 Å². The topological polar surface area (TPSA) is 46.0 Å². The van der Waals surface area contributed by atoms with E-state index >= 15 is 0 Å². The fourth-order valence-electron chi connectivity index (χ4n) is 6.29. The third-order valence-corrected chi connectivity index (χ3v) is 8.82. The molecule has 0 radical (unpaired) electrons. The number of hydrogen-bond donors (Lipinski definition) is 0. The van der Waals surface area contributed by atoms with Crippen LogP contribution in [0.2, 0.25) is 0 Å². The molecular weight excluding hydrogens is 603 g/mol. The number of fused-ring (bicyclic) bond motifs is 4. The van der Waals surface area contributed by atoms with Crippen LogP contribution in [0.15, 0.2) is 128 Å². The maximum Gasteiger partial charge on any atom is 0.503 e. The summed E-state index contributed by atoms with van der Waals surface area (Å²) in [6.45, 7) is -3.55. The molecule has 0 bridgehead atoms. The summed E-state index contributed by atoms with van der Waals surface area (Å²) in [5.74, 6) is 1.97. The zero-order valence-corrected chi connectivity index (χ0v) is 27.3. The summed E-state index contributed by atoms with van der Waals surface area (Å²) in [5.41, 5.74) is 2.30. The first-order chi connectivity index (χ1) is 27.3.